The number of carbonyl (C=O) groups is 1. The summed E-state index contributed by atoms with van der Waals surface area (Å²) in [6.45, 7) is 9.29. The zero-order valence-electron chi connectivity index (χ0n) is 17.6. The molecule has 0 spiro atoms. The largest absolute Gasteiger partial charge is 0.372 e. The fourth-order valence-electron chi connectivity index (χ4n) is 5.13. The number of fused-ring (bicyclic) bond motifs is 1. The van der Waals surface area contributed by atoms with Gasteiger partial charge in [0.05, 0.1) is 24.4 Å². The molecule has 0 N–H and O–H groups in total. The Labute approximate surface area is 168 Å². The average Bonchev–Trinajstić information content (AvgIpc) is 3.18. The number of aromatic nitrogens is 2. The van der Waals surface area contributed by atoms with Gasteiger partial charge in [-0.3, -0.25) is 4.79 Å². The van der Waals surface area contributed by atoms with Crippen LogP contribution in [0.5, 0.6) is 0 Å². The normalized spacial score (nSPS) is 25.8. The highest BCUT2D eigenvalue weighted by Crippen LogP contribution is 2.31. The summed E-state index contributed by atoms with van der Waals surface area (Å²) in [5.41, 5.74) is 2.27. The molecule has 0 bridgehead atoms. The third-order valence-corrected chi connectivity index (χ3v) is 6.46. The van der Waals surface area contributed by atoms with Gasteiger partial charge in [-0.1, -0.05) is 25.7 Å². The minimum absolute atomic E-state index is 0.183. The van der Waals surface area contributed by atoms with Crippen molar-refractivity contribution in [1.82, 2.24) is 14.9 Å². The molecule has 1 aromatic rings. The van der Waals surface area contributed by atoms with Crippen LogP contribution in [0, 0.1) is 12.8 Å². The zero-order valence-corrected chi connectivity index (χ0v) is 17.6. The van der Waals surface area contributed by atoms with Crippen molar-refractivity contribution in [3.63, 3.8) is 0 Å². The molecule has 2 aliphatic heterocycles. The molecule has 3 aliphatic rings. The van der Waals surface area contributed by atoms with E-state index < -0.39 is 0 Å². The summed E-state index contributed by atoms with van der Waals surface area (Å²) in [6.07, 6.45) is 8.23. The van der Waals surface area contributed by atoms with Gasteiger partial charge in [0, 0.05) is 38.0 Å². The van der Waals surface area contributed by atoms with Gasteiger partial charge >= 0.3 is 0 Å². The monoisotopic (exact) mass is 386 g/mol. The van der Waals surface area contributed by atoms with E-state index >= 15 is 0 Å². The summed E-state index contributed by atoms with van der Waals surface area (Å²) in [7, 11) is 0. The topological polar surface area (TPSA) is 58.6 Å². The van der Waals surface area contributed by atoms with Crippen LogP contribution in [0.15, 0.2) is 0 Å². The lowest BCUT2D eigenvalue weighted by Gasteiger charge is -2.39. The third kappa shape index (κ3) is 4.32. The fraction of sp³-hybridized carbons (Fsp3) is 0.773. The van der Waals surface area contributed by atoms with Crippen LogP contribution >= 0.6 is 0 Å². The molecule has 6 heteroatoms. The van der Waals surface area contributed by atoms with E-state index in [9.17, 15) is 4.79 Å². The maximum atomic E-state index is 12.9. The lowest BCUT2D eigenvalue weighted by atomic mass is 10.00. The predicted octanol–water partition coefficient (Wildman–Crippen LogP) is 3.25. The van der Waals surface area contributed by atoms with Gasteiger partial charge in [0.15, 0.2) is 0 Å². The molecule has 2 atom stereocenters. The second-order valence-electron chi connectivity index (χ2n) is 8.94. The van der Waals surface area contributed by atoms with Gasteiger partial charge in [0.1, 0.15) is 11.6 Å². The number of hydrogen-bond acceptors (Lipinski definition) is 5. The highest BCUT2D eigenvalue weighted by atomic mass is 16.5. The van der Waals surface area contributed by atoms with Crippen LogP contribution in [-0.4, -0.2) is 52.6 Å². The van der Waals surface area contributed by atoms with Crippen molar-refractivity contribution in [1.29, 1.82) is 0 Å². The molecular formula is C22H34N4O2. The molecule has 4 rings (SSSR count). The number of aryl methyl sites for hydroxylation is 1. The second kappa shape index (κ2) is 8.36. The van der Waals surface area contributed by atoms with Crippen molar-refractivity contribution >= 4 is 11.7 Å². The number of hydrogen-bond donors (Lipinski definition) is 0. The van der Waals surface area contributed by atoms with E-state index in [0.29, 0.717) is 18.9 Å². The van der Waals surface area contributed by atoms with Crippen molar-refractivity contribution in [3.05, 3.63) is 17.1 Å². The first-order chi connectivity index (χ1) is 13.5. The fourth-order valence-corrected chi connectivity index (χ4v) is 5.13. The van der Waals surface area contributed by atoms with Crippen LogP contribution in [0.25, 0.3) is 0 Å². The molecule has 0 aromatic carbocycles. The van der Waals surface area contributed by atoms with Gasteiger partial charge in [-0.2, -0.15) is 0 Å². The average molecular weight is 387 g/mol. The summed E-state index contributed by atoms with van der Waals surface area (Å²) in [4.78, 5) is 26.7. The number of amides is 1. The van der Waals surface area contributed by atoms with Crippen molar-refractivity contribution in [3.8, 4) is 0 Å². The molecule has 6 nitrogen and oxygen atoms in total. The molecule has 1 amide bonds. The van der Waals surface area contributed by atoms with Crippen LogP contribution in [0.4, 0.5) is 5.82 Å². The molecule has 3 heterocycles. The quantitative estimate of drug-likeness (QED) is 0.795. The number of anilines is 1. The smallest absolute Gasteiger partial charge is 0.222 e. The number of morpholine rings is 1. The number of ether oxygens (including phenoxy) is 1. The highest BCUT2D eigenvalue weighted by Gasteiger charge is 2.30. The molecule has 1 aliphatic carbocycles. The highest BCUT2D eigenvalue weighted by molar-refractivity contribution is 5.76. The van der Waals surface area contributed by atoms with Gasteiger partial charge in [0.25, 0.3) is 0 Å². The van der Waals surface area contributed by atoms with Gasteiger partial charge < -0.3 is 14.5 Å². The summed E-state index contributed by atoms with van der Waals surface area (Å²) >= 11 is 0. The standard InChI is InChI=1S/C22H34N4O2/c1-15-12-26(13-16(2)28-15)22-19-14-25(11-10-20(19)23-17(3)24-22)21(27)9-8-18-6-4-5-7-18/h15-16,18H,4-14H2,1-3H3/t15-,16-/m1/s1. The van der Waals surface area contributed by atoms with Crippen molar-refractivity contribution < 1.29 is 9.53 Å². The first-order valence-corrected chi connectivity index (χ1v) is 11.0. The molecule has 1 saturated carbocycles. The molecule has 1 aromatic heterocycles. The summed E-state index contributed by atoms with van der Waals surface area (Å²) < 4.78 is 5.90. The van der Waals surface area contributed by atoms with E-state index in [-0.39, 0.29) is 12.2 Å². The third-order valence-electron chi connectivity index (χ3n) is 6.46. The Balaban J connectivity index is 1.49. The molecule has 1 saturated heterocycles. The Kier molecular flexibility index (Phi) is 5.85. The van der Waals surface area contributed by atoms with Crippen LogP contribution < -0.4 is 4.90 Å². The first kappa shape index (κ1) is 19.6. The maximum Gasteiger partial charge on any atom is 0.222 e. The molecule has 28 heavy (non-hydrogen) atoms. The Bertz CT molecular complexity index is 707. The van der Waals surface area contributed by atoms with Crippen LogP contribution in [0.1, 0.15) is 69.5 Å². The minimum Gasteiger partial charge on any atom is -0.372 e. The van der Waals surface area contributed by atoms with Gasteiger partial charge in [0.2, 0.25) is 5.91 Å². The number of nitrogens with zero attached hydrogens (tertiary/aromatic N) is 4. The number of carbonyl (C=O) groups excluding carboxylic acids is 1. The van der Waals surface area contributed by atoms with Crippen LogP contribution in [0.3, 0.4) is 0 Å². The molecule has 0 radical (unpaired) electrons. The van der Waals surface area contributed by atoms with Crippen molar-refractivity contribution in [2.75, 3.05) is 24.5 Å². The SMILES string of the molecule is Cc1nc2c(c(N3C[C@@H](C)O[C@H](C)C3)n1)CN(C(=O)CCC1CCCC1)CC2. The predicted molar refractivity (Wildman–Crippen MR) is 109 cm³/mol. The Morgan fingerprint density at radius 1 is 1.14 bits per heavy atom. The van der Waals surface area contributed by atoms with Crippen molar-refractivity contribution in [2.24, 2.45) is 5.92 Å². The first-order valence-electron chi connectivity index (χ1n) is 11.0. The van der Waals surface area contributed by atoms with Gasteiger partial charge in [-0.15, -0.1) is 0 Å². The lowest BCUT2D eigenvalue weighted by molar-refractivity contribution is -0.132. The summed E-state index contributed by atoms with van der Waals surface area (Å²) in [6, 6.07) is 0. The van der Waals surface area contributed by atoms with Gasteiger partial charge in [-0.25, -0.2) is 9.97 Å². The zero-order chi connectivity index (χ0) is 19.7. The molecular weight excluding hydrogens is 352 g/mol. The van der Waals surface area contributed by atoms with E-state index in [1.165, 1.54) is 25.7 Å². The summed E-state index contributed by atoms with van der Waals surface area (Å²) in [5, 5.41) is 0. The Morgan fingerprint density at radius 2 is 1.86 bits per heavy atom. The molecule has 0 unspecified atom stereocenters. The Hall–Kier alpha value is -1.69. The van der Waals surface area contributed by atoms with Crippen molar-refractivity contribution in [2.45, 2.75) is 84.5 Å². The number of rotatable bonds is 4. The lowest BCUT2D eigenvalue weighted by Crippen LogP contribution is -2.47. The maximum absolute atomic E-state index is 12.9. The minimum atomic E-state index is 0.183. The molecule has 2 fully saturated rings. The second-order valence-corrected chi connectivity index (χ2v) is 8.94. The van der Waals surface area contributed by atoms with Crippen LogP contribution in [0.2, 0.25) is 0 Å². The van der Waals surface area contributed by atoms with E-state index in [1.54, 1.807) is 0 Å². The van der Waals surface area contributed by atoms with E-state index in [4.69, 9.17) is 14.7 Å². The van der Waals surface area contributed by atoms with E-state index in [2.05, 4.69) is 18.7 Å². The van der Waals surface area contributed by atoms with Gasteiger partial charge in [-0.05, 0) is 33.1 Å². The van der Waals surface area contributed by atoms with E-state index in [1.807, 2.05) is 11.8 Å². The molecule has 154 valence electrons. The Morgan fingerprint density at radius 3 is 2.57 bits per heavy atom. The summed E-state index contributed by atoms with van der Waals surface area (Å²) in [5.74, 6) is 2.89. The van der Waals surface area contributed by atoms with Crippen LogP contribution in [-0.2, 0) is 22.5 Å². The van der Waals surface area contributed by atoms with E-state index in [0.717, 1.165) is 61.3 Å².